The fraction of sp³-hybridized carbons (Fsp3) is 1.00. The Balaban J connectivity index is 2.15. The van der Waals surface area contributed by atoms with E-state index in [1.807, 2.05) is 0 Å². The van der Waals surface area contributed by atoms with Crippen molar-refractivity contribution in [2.24, 2.45) is 17.8 Å². The summed E-state index contributed by atoms with van der Waals surface area (Å²) in [4.78, 5) is 0. The van der Waals surface area contributed by atoms with Crippen molar-refractivity contribution >= 4 is 0 Å². The predicted molar refractivity (Wildman–Crippen MR) is 60.4 cm³/mol. The van der Waals surface area contributed by atoms with Gasteiger partial charge in [-0.1, -0.05) is 33.1 Å². The van der Waals surface area contributed by atoms with Crippen LogP contribution in [0.25, 0.3) is 0 Å². The zero-order chi connectivity index (χ0) is 10.4. The van der Waals surface area contributed by atoms with E-state index in [-0.39, 0.29) is 0 Å². The van der Waals surface area contributed by atoms with E-state index in [4.69, 9.17) is 4.74 Å². The average molecular weight is 199 g/mol. The molecule has 0 radical (unpaired) electrons. The van der Waals surface area contributed by atoms with Crippen LogP contribution in [0.15, 0.2) is 0 Å². The van der Waals surface area contributed by atoms with Crippen molar-refractivity contribution < 1.29 is 4.74 Å². The van der Waals surface area contributed by atoms with E-state index in [1.54, 1.807) is 7.11 Å². The maximum Gasteiger partial charge on any atom is 0.0587 e. The minimum absolute atomic E-state index is 0.815. The highest BCUT2D eigenvalue weighted by Crippen LogP contribution is 2.36. The van der Waals surface area contributed by atoms with Crippen LogP contribution in [0.3, 0.4) is 0 Å². The predicted octanol–water partition coefficient (Wildman–Crippen LogP) is 2.29. The maximum absolute atomic E-state index is 5.02. The van der Waals surface area contributed by atoms with Crippen molar-refractivity contribution in [2.45, 2.75) is 33.1 Å². The standard InChI is InChI=1S/C12H25NO/c1-10(2)12(11-5-4-6-11)9-13-7-8-14-3/h10-13H,4-9H2,1-3H3. The molecule has 1 fully saturated rings. The molecule has 0 aromatic carbocycles. The molecule has 1 aliphatic rings. The second kappa shape index (κ2) is 6.41. The van der Waals surface area contributed by atoms with Gasteiger partial charge < -0.3 is 10.1 Å². The van der Waals surface area contributed by atoms with Crippen LogP contribution in [0, 0.1) is 17.8 Å². The van der Waals surface area contributed by atoms with Crippen molar-refractivity contribution in [1.82, 2.24) is 5.32 Å². The van der Waals surface area contributed by atoms with Crippen LogP contribution in [0.4, 0.5) is 0 Å². The summed E-state index contributed by atoms with van der Waals surface area (Å²) in [6, 6.07) is 0. The Morgan fingerprint density at radius 1 is 1.36 bits per heavy atom. The molecular formula is C12H25NO. The van der Waals surface area contributed by atoms with Crippen LogP contribution in [-0.4, -0.2) is 26.8 Å². The van der Waals surface area contributed by atoms with E-state index in [2.05, 4.69) is 19.2 Å². The van der Waals surface area contributed by atoms with E-state index in [0.717, 1.165) is 30.9 Å². The molecule has 1 saturated carbocycles. The maximum atomic E-state index is 5.02. The lowest BCUT2D eigenvalue weighted by atomic mass is 9.71. The van der Waals surface area contributed by atoms with Crippen molar-refractivity contribution in [1.29, 1.82) is 0 Å². The van der Waals surface area contributed by atoms with E-state index >= 15 is 0 Å². The average Bonchev–Trinajstić information content (AvgIpc) is 2.06. The fourth-order valence-corrected chi connectivity index (χ4v) is 2.26. The van der Waals surface area contributed by atoms with E-state index in [1.165, 1.54) is 25.8 Å². The van der Waals surface area contributed by atoms with Crippen LogP contribution >= 0.6 is 0 Å². The third kappa shape index (κ3) is 3.58. The zero-order valence-corrected chi connectivity index (χ0v) is 9.88. The number of hydrogen-bond donors (Lipinski definition) is 1. The molecular weight excluding hydrogens is 174 g/mol. The third-order valence-electron chi connectivity index (χ3n) is 3.47. The summed E-state index contributed by atoms with van der Waals surface area (Å²) in [5.74, 6) is 2.68. The van der Waals surface area contributed by atoms with Gasteiger partial charge in [-0.2, -0.15) is 0 Å². The first kappa shape index (κ1) is 12.0. The monoisotopic (exact) mass is 199 g/mol. The molecule has 2 nitrogen and oxygen atoms in total. The van der Waals surface area contributed by atoms with E-state index < -0.39 is 0 Å². The Morgan fingerprint density at radius 3 is 2.50 bits per heavy atom. The van der Waals surface area contributed by atoms with Crippen LogP contribution in [0.2, 0.25) is 0 Å². The smallest absolute Gasteiger partial charge is 0.0587 e. The lowest BCUT2D eigenvalue weighted by Gasteiger charge is -2.36. The molecule has 1 aliphatic carbocycles. The summed E-state index contributed by atoms with van der Waals surface area (Å²) in [6.07, 6.45) is 4.36. The highest BCUT2D eigenvalue weighted by molar-refractivity contribution is 4.80. The van der Waals surface area contributed by atoms with Gasteiger partial charge in [-0.15, -0.1) is 0 Å². The Morgan fingerprint density at radius 2 is 2.07 bits per heavy atom. The quantitative estimate of drug-likeness (QED) is 0.635. The molecule has 0 aromatic rings. The largest absolute Gasteiger partial charge is 0.383 e. The summed E-state index contributed by atoms with van der Waals surface area (Å²) in [5.41, 5.74) is 0. The topological polar surface area (TPSA) is 21.3 Å². The Kier molecular flexibility index (Phi) is 5.49. The van der Waals surface area contributed by atoms with Crippen LogP contribution in [-0.2, 0) is 4.74 Å². The highest BCUT2D eigenvalue weighted by atomic mass is 16.5. The Labute approximate surface area is 88.4 Å². The first-order chi connectivity index (χ1) is 6.75. The molecule has 0 spiro atoms. The zero-order valence-electron chi connectivity index (χ0n) is 9.88. The molecule has 0 bridgehead atoms. The van der Waals surface area contributed by atoms with Crippen molar-refractivity contribution in [3.8, 4) is 0 Å². The summed E-state index contributed by atoms with van der Waals surface area (Å²) in [5, 5.41) is 3.49. The molecule has 1 N–H and O–H groups in total. The normalized spacial score (nSPS) is 19.7. The molecule has 1 unspecified atom stereocenters. The number of methoxy groups -OCH3 is 1. The van der Waals surface area contributed by atoms with Gasteiger partial charge in [0.05, 0.1) is 6.61 Å². The number of hydrogen-bond acceptors (Lipinski definition) is 2. The molecule has 14 heavy (non-hydrogen) atoms. The van der Waals surface area contributed by atoms with E-state index in [9.17, 15) is 0 Å². The van der Waals surface area contributed by atoms with Gasteiger partial charge in [0.15, 0.2) is 0 Å². The SMILES string of the molecule is COCCNCC(C(C)C)C1CCC1. The van der Waals surface area contributed by atoms with Crippen LogP contribution < -0.4 is 5.32 Å². The molecule has 1 rings (SSSR count). The summed E-state index contributed by atoms with van der Waals surface area (Å²) < 4.78 is 5.02. The molecule has 0 amide bonds. The second-order valence-electron chi connectivity index (χ2n) is 4.80. The lowest BCUT2D eigenvalue weighted by Crippen LogP contribution is -2.36. The molecule has 84 valence electrons. The number of nitrogens with one attached hydrogen (secondary N) is 1. The third-order valence-corrected chi connectivity index (χ3v) is 3.47. The van der Waals surface area contributed by atoms with Gasteiger partial charge in [0.1, 0.15) is 0 Å². The first-order valence-electron chi connectivity index (χ1n) is 5.95. The van der Waals surface area contributed by atoms with Gasteiger partial charge in [-0.3, -0.25) is 0 Å². The molecule has 0 saturated heterocycles. The van der Waals surface area contributed by atoms with Gasteiger partial charge in [0.25, 0.3) is 0 Å². The highest BCUT2D eigenvalue weighted by Gasteiger charge is 2.28. The van der Waals surface area contributed by atoms with Gasteiger partial charge >= 0.3 is 0 Å². The minimum Gasteiger partial charge on any atom is -0.383 e. The molecule has 0 aliphatic heterocycles. The van der Waals surface area contributed by atoms with Crippen LogP contribution in [0.5, 0.6) is 0 Å². The summed E-state index contributed by atoms with van der Waals surface area (Å²) >= 11 is 0. The Hall–Kier alpha value is -0.0800. The molecule has 1 atom stereocenters. The number of rotatable bonds is 7. The fourth-order valence-electron chi connectivity index (χ4n) is 2.26. The summed E-state index contributed by atoms with van der Waals surface area (Å²) in [6.45, 7) is 7.69. The second-order valence-corrected chi connectivity index (χ2v) is 4.80. The van der Waals surface area contributed by atoms with Gasteiger partial charge in [0.2, 0.25) is 0 Å². The molecule has 0 aromatic heterocycles. The van der Waals surface area contributed by atoms with E-state index in [0.29, 0.717) is 0 Å². The van der Waals surface area contributed by atoms with Gasteiger partial charge in [-0.25, -0.2) is 0 Å². The van der Waals surface area contributed by atoms with Gasteiger partial charge in [-0.05, 0) is 24.3 Å². The van der Waals surface area contributed by atoms with Crippen molar-refractivity contribution in [2.75, 3.05) is 26.8 Å². The number of ether oxygens (including phenoxy) is 1. The van der Waals surface area contributed by atoms with Crippen LogP contribution in [0.1, 0.15) is 33.1 Å². The first-order valence-corrected chi connectivity index (χ1v) is 5.95. The lowest BCUT2D eigenvalue weighted by molar-refractivity contribution is 0.148. The Bertz CT molecular complexity index is 143. The van der Waals surface area contributed by atoms with Crippen molar-refractivity contribution in [3.63, 3.8) is 0 Å². The van der Waals surface area contributed by atoms with Crippen molar-refractivity contribution in [3.05, 3.63) is 0 Å². The molecule has 2 heteroatoms. The summed E-state index contributed by atoms with van der Waals surface area (Å²) in [7, 11) is 1.76. The molecule has 0 heterocycles. The minimum atomic E-state index is 0.815. The van der Waals surface area contributed by atoms with Gasteiger partial charge in [0, 0.05) is 13.7 Å².